The van der Waals surface area contributed by atoms with E-state index in [2.05, 4.69) is 15.3 Å². The van der Waals surface area contributed by atoms with Crippen LogP contribution in [0, 0.1) is 0 Å². The topological polar surface area (TPSA) is 107 Å². The zero-order valence-corrected chi connectivity index (χ0v) is 15.8. The van der Waals surface area contributed by atoms with Gasteiger partial charge in [-0.2, -0.15) is 13.2 Å². The number of anilines is 1. The van der Waals surface area contributed by atoms with Gasteiger partial charge >= 0.3 is 5.51 Å². The van der Waals surface area contributed by atoms with Crippen LogP contribution in [0.2, 0.25) is 0 Å². The van der Waals surface area contributed by atoms with Crippen LogP contribution in [0.1, 0.15) is 10.4 Å². The summed E-state index contributed by atoms with van der Waals surface area (Å²) < 4.78 is 73.6. The van der Waals surface area contributed by atoms with Crippen molar-refractivity contribution in [3.63, 3.8) is 0 Å². The molecule has 29 heavy (non-hydrogen) atoms. The highest BCUT2D eigenvalue weighted by molar-refractivity contribution is 7.92. The minimum Gasteiger partial charge on any atom is -0.486 e. The fourth-order valence-electron chi connectivity index (χ4n) is 2.57. The van der Waals surface area contributed by atoms with Gasteiger partial charge in [-0.15, -0.1) is 0 Å². The fourth-order valence-corrected chi connectivity index (χ4v) is 4.31. The molecule has 0 fully saturated rings. The standard InChI is InChI=1S/C16H10F3N3O5S2/c17-16(18,19)29(24,25)14-8(2-1-3-20-14)13(23)22-15-21-9-6-10-11(7-12(9)28-15)27-5-4-26-10/h1-3,6-7H,4-5H2,(H,21,22,23). The molecule has 3 aromatic rings. The van der Waals surface area contributed by atoms with Crippen LogP contribution in [-0.4, -0.2) is 43.0 Å². The Balaban J connectivity index is 1.67. The van der Waals surface area contributed by atoms with Gasteiger partial charge in [-0.3, -0.25) is 10.1 Å². The smallest absolute Gasteiger partial charge is 0.486 e. The predicted molar refractivity (Wildman–Crippen MR) is 96.0 cm³/mol. The number of nitrogens with zero attached hydrogens (tertiary/aromatic N) is 2. The maximum absolute atomic E-state index is 12.9. The lowest BCUT2D eigenvalue weighted by Crippen LogP contribution is -2.27. The Morgan fingerprint density at radius 1 is 1.17 bits per heavy atom. The molecule has 1 N–H and O–H groups in total. The average molecular weight is 445 g/mol. The first-order valence-corrected chi connectivity index (χ1v) is 10.2. The summed E-state index contributed by atoms with van der Waals surface area (Å²) >= 11 is 1.04. The number of amides is 1. The predicted octanol–water partition coefficient (Wildman–Crippen LogP) is 3.01. The number of benzene rings is 1. The molecule has 0 aliphatic carbocycles. The summed E-state index contributed by atoms with van der Waals surface area (Å²) in [5.41, 5.74) is -5.86. The summed E-state index contributed by atoms with van der Waals surface area (Å²) in [7, 11) is -5.80. The van der Waals surface area contributed by atoms with E-state index in [1.54, 1.807) is 12.1 Å². The molecular formula is C16H10F3N3O5S2. The maximum Gasteiger partial charge on any atom is 0.503 e. The summed E-state index contributed by atoms with van der Waals surface area (Å²) in [6.45, 7) is 0.766. The zero-order chi connectivity index (χ0) is 20.8. The molecule has 0 atom stereocenters. The molecule has 0 spiro atoms. The number of carbonyl (C=O) groups excluding carboxylic acids is 1. The largest absolute Gasteiger partial charge is 0.503 e. The average Bonchev–Trinajstić information content (AvgIpc) is 3.06. The minimum atomic E-state index is -5.80. The number of alkyl halides is 3. The van der Waals surface area contributed by atoms with Crippen molar-refractivity contribution >= 4 is 42.4 Å². The molecule has 0 bridgehead atoms. The third-order valence-corrected chi connectivity index (χ3v) is 6.23. The molecule has 1 amide bonds. The van der Waals surface area contributed by atoms with Crippen LogP contribution in [0.4, 0.5) is 18.3 Å². The molecule has 2 aromatic heterocycles. The van der Waals surface area contributed by atoms with Gasteiger partial charge in [0.05, 0.1) is 15.8 Å². The number of rotatable bonds is 3. The Labute approximate surface area is 165 Å². The van der Waals surface area contributed by atoms with E-state index in [-0.39, 0.29) is 5.13 Å². The summed E-state index contributed by atoms with van der Waals surface area (Å²) in [5.74, 6) is -0.0916. The lowest BCUT2D eigenvalue weighted by Gasteiger charge is -2.17. The van der Waals surface area contributed by atoms with Crippen molar-refractivity contribution < 1.29 is 35.9 Å². The van der Waals surface area contributed by atoms with Crippen molar-refractivity contribution in [1.82, 2.24) is 9.97 Å². The highest BCUT2D eigenvalue weighted by Crippen LogP contribution is 2.38. The molecule has 1 aliphatic rings. The van der Waals surface area contributed by atoms with Gasteiger partial charge in [-0.25, -0.2) is 18.4 Å². The van der Waals surface area contributed by atoms with Crippen LogP contribution in [0.5, 0.6) is 11.5 Å². The second-order valence-corrected chi connectivity index (χ2v) is 8.63. The van der Waals surface area contributed by atoms with Gasteiger partial charge in [-0.1, -0.05) is 11.3 Å². The van der Waals surface area contributed by atoms with Gasteiger partial charge in [-0.05, 0) is 12.1 Å². The summed E-state index contributed by atoms with van der Waals surface area (Å²) in [5, 5.41) is 1.01. The molecule has 0 saturated carbocycles. The highest BCUT2D eigenvalue weighted by atomic mass is 32.2. The summed E-state index contributed by atoms with van der Waals surface area (Å²) in [6, 6.07) is 5.38. The third kappa shape index (κ3) is 3.46. The summed E-state index contributed by atoms with van der Waals surface area (Å²) in [6.07, 6.45) is 0.859. The molecule has 152 valence electrons. The Morgan fingerprint density at radius 2 is 1.86 bits per heavy atom. The van der Waals surface area contributed by atoms with Crippen LogP contribution in [-0.2, 0) is 9.84 Å². The number of hydrogen-bond donors (Lipinski definition) is 1. The zero-order valence-electron chi connectivity index (χ0n) is 14.2. The molecule has 8 nitrogen and oxygen atoms in total. The van der Waals surface area contributed by atoms with Crippen molar-refractivity contribution in [3.05, 3.63) is 36.0 Å². The molecule has 0 saturated heterocycles. The maximum atomic E-state index is 12.9. The van der Waals surface area contributed by atoms with E-state index in [0.29, 0.717) is 34.9 Å². The van der Waals surface area contributed by atoms with Crippen molar-refractivity contribution in [3.8, 4) is 11.5 Å². The van der Waals surface area contributed by atoms with Crippen molar-refractivity contribution in [2.45, 2.75) is 10.5 Å². The number of thiazole rings is 1. The van der Waals surface area contributed by atoms with Crippen LogP contribution < -0.4 is 14.8 Å². The molecule has 1 aliphatic heterocycles. The number of pyridine rings is 1. The first-order valence-electron chi connectivity index (χ1n) is 7.95. The third-order valence-electron chi connectivity index (χ3n) is 3.85. The van der Waals surface area contributed by atoms with E-state index in [1.807, 2.05) is 0 Å². The molecular weight excluding hydrogens is 435 g/mol. The molecule has 0 unspecified atom stereocenters. The SMILES string of the molecule is O=C(Nc1nc2cc3c(cc2s1)OCCO3)c1cccnc1S(=O)(=O)C(F)(F)F. The number of nitrogens with one attached hydrogen (secondary N) is 1. The second-order valence-electron chi connectivity index (χ2n) is 5.74. The number of halogens is 3. The molecule has 1 aromatic carbocycles. The van der Waals surface area contributed by atoms with Crippen molar-refractivity contribution in [1.29, 1.82) is 0 Å². The van der Waals surface area contributed by atoms with Gasteiger partial charge < -0.3 is 9.47 Å². The van der Waals surface area contributed by atoms with Gasteiger partial charge in [0.25, 0.3) is 15.7 Å². The van der Waals surface area contributed by atoms with Crippen LogP contribution in [0.15, 0.2) is 35.5 Å². The Kier molecular flexibility index (Phi) is 4.58. The van der Waals surface area contributed by atoms with E-state index >= 15 is 0 Å². The van der Waals surface area contributed by atoms with Crippen LogP contribution >= 0.6 is 11.3 Å². The number of hydrogen-bond acceptors (Lipinski definition) is 8. The highest BCUT2D eigenvalue weighted by Gasteiger charge is 2.49. The lowest BCUT2D eigenvalue weighted by molar-refractivity contribution is -0.0438. The Hall–Kier alpha value is -2.93. The molecule has 0 radical (unpaired) electrons. The minimum absolute atomic E-state index is 0.0616. The molecule has 3 heterocycles. The number of fused-ring (bicyclic) bond motifs is 2. The van der Waals surface area contributed by atoms with Gasteiger partial charge in [0.1, 0.15) is 13.2 Å². The van der Waals surface area contributed by atoms with E-state index in [9.17, 15) is 26.4 Å². The van der Waals surface area contributed by atoms with Gasteiger partial charge in [0.15, 0.2) is 21.7 Å². The number of aromatic nitrogens is 2. The van der Waals surface area contributed by atoms with Crippen molar-refractivity contribution in [2.24, 2.45) is 0 Å². The number of sulfone groups is 1. The normalized spacial score (nSPS) is 14.0. The van der Waals surface area contributed by atoms with E-state index in [0.717, 1.165) is 29.7 Å². The first-order chi connectivity index (χ1) is 13.7. The quantitative estimate of drug-likeness (QED) is 0.660. The fraction of sp³-hybridized carbons (Fsp3) is 0.188. The van der Waals surface area contributed by atoms with Crippen molar-refractivity contribution in [2.75, 3.05) is 18.5 Å². The monoisotopic (exact) mass is 445 g/mol. The number of carbonyl (C=O) groups is 1. The Morgan fingerprint density at radius 3 is 2.55 bits per heavy atom. The van der Waals surface area contributed by atoms with Crippen LogP contribution in [0.3, 0.4) is 0 Å². The van der Waals surface area contributed by atoms with E-state index < -0.39 is 31.8 Å². The van der Waals surface area contributed by atoms with Gasteiger partial charge in [0.2, 0.25) is 0 Å². The van der Waals surface area contributed by atoms with E-state index in [1.165, 1.54) is 0 Å². The first kappa shape index (κ1) is 19.4. The molecule has 4 rings (SSSR count). The second kappa shape index (κ2) is 6.84. The Bertz CT molecular complexity index is 1180. The number of ether oxygens (including phenoxy) is 2. The van der Waals surface area contributed by atoms with Crippen LogP contribution in [0.25, 0.3) is 10.2 Å². The van der Waals surface area contributed by atoms with Gasteiger partial charge in [0, 0.05) is 18.3 Å². The lowest BCUT2D eigenvalue weighted by atomic mass is 10.3. The summed E-state index contributed by atoms with van der Waals surface area (Å²) in [4.78, 5) is 19.9. The molecule has 13 heteroatoms. The van der Waals surface area contributed by atoms with E-state index in [4.69, 9.17) is 9.47 Å².